The summed E-state index contributed by atoms with van der Waals surface area (Å²) in [4.78, 5) is 52.6. The van der Waals surface area contributed by atoms with Crippen molar-refractivity contribution in [3.63, 3.8) is 0 Å². The van der Waals surface area contributed by atoms with E-state index < -0.39 is 19.1 Å². The lowest BCUT2D eigenvalue weighted by Gasteiger charge is -2.14. The monoisotopic (exact) mass is 344 g/mol. The van der Waals surface area contributed by atoms with Crippen molar-refractivity contribution < 1.29 is 23.9 Å². The molecule has 2 aliphatic rings. The summed E-state index contributed by atoms with van der Waals surface area (Å²) in [6.45, 7) is 2.73. The number of esters is 1. The Balaban J connectivity index is 1.56. The Morgan fingerprint density at radius 2 is 1.76 bits per heavy atom. The van der Waals surface area contributed by atoms with Crippen LogP contribution in [0, 0.1) is 25.7 Å². The molecule has 2 atom stereocenters. The van der Waals surface area contributed by atoms with E-state index in [4.69, 9.17) is 4.74 Å². The first-order valence-electron chi connectivity index (χ1n) is 8.23. The van der Waals surface area contributed by atoms with Gasteiger partial charge >= 0.3 is 5.97 Å². The molecule has 0 bridgehead atoms. The Morgan fingerprint density at radius 3 is 2.28 bits per heavy atom. The van der Waals surface area contributed by atoms with Crippen LogP contribution >= 0.6 is 0 Å². The Morgan fingerprint density at radius 1 is 1.16 bits per heavy atom. The molecule has 1 aromatic heterocycles. The van der Waals surface area contributed by atoms with Crippen molar-refractivity contribution in [3.8, 4) is 0 Å². The molecule has 0 saturated carbocycles. The highest BCUT2D eigenvalue weighted by atomic mass is 16.5. The van der Waals surface area contributed by atoms with Crippen LogP contribution in [-0.4, -0.2) is 46.6 Å². The number of carbonyl (C=O) groups excluding carboxylic acids is 4. The normalized spacial score (nSPS) is 22.2. The number of amides is 2. The number of hydrogen-bond donors (Lipinski definition) is 1. The van der Waals surface area contributed by atoms with Crippen molar-refractivity contribution in [2.45, 2.75) is 26.7 Å². The summed E-state index contributed by atoms with van der Waals surface area (Å²) >= 11 is 0. The van der Waals surface area contributed by atoms with Gasteiger partial charge in [-0.1, -0.05) is 12.2 Å². The van der Waals surface area contributed by atoms with Crippen molar-refractivity contribution in [1.29, 1.82) is 0 Å². The summed E-state index contributed by atoms with van der Waals surface area (Å²) in [5.41, 5.74) is 2.02. The number of ether oxygens (including phenoxy) is 1. The predicted molar refractivity (Wildman–Crippen MR) is 87.6 cm³/mol. The summed E-state index contributed by atoms with van der Waals surface area (Å²) in [5, 5.41) is 0. The number of aromatic amines is 1. The lowest BCUT2D eigenvalue weighted by molar-refractivity contribution is -0.152. The number of carbonyl (C=O) groups is 4. The molecule has 1 aliphatic carbocycles. The van der Waals surface area contributed by atoms with Gasteiger partial charge in [0.05, 0.1) is 11.8 Å². The number of allylic oxidation sites excluding steroid dienone is 2. The Labute approximate surface area is 145 Å². The summed E-state index contributed by atoms with van der Waals surface area (Å²) in [6, 6.07) is 1.69. The maximum absolute atomic E-state index is 12.3. The van der Waals surface area contributed by atoms with E-state index in [9.17, 15) is 19.2 Å². The minimum atomic E-state index is -0.758. The van der Waals surface area contributed by atoms with Gasteiger partial charge in [-0.2, -0.15) is 0 Å². The molecule has 0 radical (unpaired) electrons. The maximum atomic E-state index is 12.3. The number of nitrogens with one attached hydrogen (secondary N) is 1. The molecule has 0 aromatic carbocycles. The van der Waals surface area contributed by atoms with E-state index in [0.29, 0.717) is 24.1 Å². The number of imide groups is 1. The van der Waals surface area contributed by atoms with Crippen molar-refractivity contribution in [2.75, 3.05) is 13.2 Å². The highest BCUT2D eigenvalue weighted by Crippen LogP contribution is 2.34. The number of H-pyrrole nitrogens is 1. The van der Waals surface area contributed by atoms with Gasteiger partial charge in [0.15, 0.2) is 6.61 Å². The minimum Gasteiger partial charge on any atom is -0.456 e. The van der Waals surface area contributed by atoms with Crippen molar-refractivity contribution in [2.24, 2.45) is 11.8 Å². The second kappa shape index (κ2) is 6.66. The lowest BCUT2D eigenvalue weighted by Crippen LogP contribution is -2.37. The van der Waals surface area contributed by atoms with Gasteiger partial charge < -0.3 is 9.72 Å². The highest BCUT2D eigenvalue weighted by Gasteiger charge is 2.47. The topological polar surface area (TPSA) is 96.5 Å². The smallest absolute Gasteiger partial charge is 0.326 e. The fraction of sp³-hybridized carbons (Fsp3) is 0.444. The number of aryl methyl sites for hydroxylation is 2. The quantitative estimate of drug-likeness (QED) is 0.376. The first kappa shape index (κ1) is 17.1. The molecule has 25 heavy (non-hydrogen) atoms. The van der Waals surface area contributed by atoms with Gasteiger partial charge in [-0.3, -0.25) is 24.1 Å². The zero-order valence-corrected chi connectivity index (χ0v) is 14.2. The Kier molecular flexibility index (Phi) is 4.57. The van der Waals surface area contributed by atoms with Crippen molar-refractivity contribution in [1.82, 2.24) is 9.88 Å². The Bertz CT molecular complexity index is 750. The molecule has 132 valence electrons. The van der Waals surface area contributed by atoms with Crippen LogP contribution in [0.15, 0.2) is 18.2 Å². The summed E-state index contributed by atoms with van der Waals surface area (Å²) in [6.07, 6.45) is 4.80. The van der Waals surface area contributed by atoms with Gasteiger partial charge in [0, 0.05) is 17.0 Å². The summed E-state index contributed by atoms with van der Waals surface area (Å²) < 4.78 is 4.97. The van der Waals surface area contributed by atoms with Gasteiger partial charge in [-0.05, 0) is 32.8 Å². The van der Waals surface area contributed by atoms with Gasteiger partial charge in [0.2, 0.25) is 17.6 Å². The molecule has 0 spiro atoms. The molecule has 1 fully saturated rings. The molecular formula is C18H20N2O5. The third kappa shape index (κ3) is 3.26. The molecule has 1 aliphatic heterocycles. The number of likely N-dealkylation sites (tertiary alicyclic amines) is 1. The van der Waals surface area contributed by atoms with Gasteiger partial charge in [0.1, 0.15) is 6.54 Å². The largest absolute Gasteiger partial charge is 0.456 e. The molecule has 7 heteroatoms. The number of rotatable bonds is 5. The number of nitrogens with zero attached hydrogens (tertiary/aromatic N) is 1. The van der Waals surface area contributed by atoms with Crippen molar-refractivity contribution in [3.05, 3.63) is 35.2 Å². The zero-order chi connectivity index (χ0) is 18.1. The van der Waals surface area contributed by atoms with E-state index in [1.54, 1.807) is 13.0 Å². The molecule has 0 unspecified atom stereocenters. The third-order valence-electron chi connectivity index (χ3n) is 4.70. The maximum Gasteiger partial charge on any atom is 0.326 e. The fourth-order valence-electron chi connectivity index (χ4n) is 3.44. The van der Waals surface area contributed by atoms with Gasteiger partial charge in [-0.15, -0.1) is 0 Å². The SMILES string of the molecule is Cc1cc(C(=O)COC(=O)CN2C(=O)[C@H]3CC=CC[C@@H]3C2=O)c(C)[nH]1. The van der Waals surface area contributed by atoms with Crippen LogP contribution in [0.3, 0.4) is 0 Å². The van der Waals surface area contributed by atoms with Crippen LogP contribution in [0.5, 0.6) is 0 Å². The van der Waals surface area contributed by atoms with Crippen LogP contribution in [0.4, 0.5) is 0 Å². The molecule has 3 rings (SSSR count). The second-order valence-corrected chi connectivity index (χ2v) is 6.49. The molecular weight excluding hydrogens is 324 g/mol. The predicted octanol–water partition coefficient (Wildman–Crippen LogP) is 1.31. The van der Waals surface area contributed by atoms with E-state index in [0.717, 1.165) is 10.6 Å². The van der Waals surface area contributed by atoms with Gasteiger partial charge in [-0.25, -0.2) is 0 Å². The minimum absolute atomic E-state index is 0.327. The van der Waals surface area contributed by atoms with Crippen LogP contribution in [0.25, 0.3) is 0 Å². The van der Waals surface area contributed by atoms with Crippen LogP contribution in [-0.2, 0) is 19.1 Å². The lowest BCUT2D eigenvalue weighted by atomic mass is 9.85. The zero-order valence-electron chi connectivity index (χ0n) is 14.2. The molecule has 1 aromatic rings. The summed E-state index contributed by atoms with van der Waals surface area (Å²) in [7, 11) is 0. The molecule has 7 nitrogen and oxygen atoms in total. The number of ketones is 1. The first-order chi connectivity index (χ1) is 11.9. The van der Waals surface area contributed by atoms with E-state index >= 15 is 0 Å². The summed E-state index contributed by atoms with van der Waals surface area (Å²) in [5.74, 6) is -2.51. The fourth-order valence-corrected chi connectivity index (χ4v) is 3.44. The second-order valence-electron chi connectivity index (χ2n) is 6.49. The van der Waals surface area contributed by atoms with Gasteiger partial charge in [0.25, 0.3) is 0 Å². The van der Waals surface area contributed by atoms with E-state index in [-0.39, 0.29) is 29.4 Å². The number of fused-ring (bicyclic) bond motifs is 1. The van der Waals surface area contributed by atoms with E-state index in [1.165, 1.54) is 0 Å². The van der Waals surface area contributed by atoms with Crippen molar-refractivity contribution >= 4 is 23.6 Å². The standard InChI is InChI=1S/C18H20N2O5/c1-10-7-14(11(2)19-10)15(21)9-25-16(22)8-20-17(23)12-5-3-4-6-13(12)18(20)24/h3-4,7,12-13,19H,5-6,8-9H2,1-2H3/t12-,13-/m0/s1. The average molecular weight is 344 g/mol. The number of aromatic nitrogens is 1. The van der Waals surface area contributed by atoms with Crippen LogP contribution in [0.2, 0.25) is 0 Å². The number of Topliss-reactive ketones (excluding diaryl/α,β-unsaturated/α-hetero) is 1. The average Bonchev–Trinajstić information content (AvgIpc) is 3.05. The molecule has 2 amide bonds. The van der Waals surface area contributed by atoms with E-state index in [2.05, 4.69) is 4.98 Å². The van der Waals surface area contributed by atoms with Crippen LogP contribution < -0.4 is 0 Å². The first-order valence-corrected chi connectivity index (χ1v) is 8.23. The third-order valence-corrected chi connectivity index (χ3v) is 4.70. The molecule has 2 heterocycles. The highest BCUT2D eigenvalue weighted by molar-refractivity contribution is 6.07. The van der Waals surface area contributed by atoms with E-state index in [1.807, 2.05) is 19.1 Å². The molecule has 1 N–H and O–H groups in total. The Hall–Kier alpha value is -2.70. The number of hydrogen-bond acceptors (Lipinski definition) is 5. The van der Waals surface area contributed by atoms with Crippen LogP contribution in [0.1, 0.15) is 34.6 Å². The molecule has 1 saturated heterocycles.